The Morgan fingerprint density at radius 2 is 2.00 bits per heavy atom. The molecule has 2 rings (SSSR count). The predicted octanol–water partition coefficient (Wildman–Crippen LogP) is 3.30. The van der Waals surface area contributed by atoms with Crippen molar-refractivity contribution in [1.82, 2.24) is 0 Å². The number of hydrogen-bond acceptors (Lipinski definition) is 6. The van der Waals surface area contributed by atoms with Crippen LogP contribution in [-0.2, 0) is 4.74 Å². The quantitative estimate of drug-likeness (QED) is 0.786. The van der Waals surface area contributed by atoms with Crippen LogP contribution >= 0.6 is 34.3 Å². The highest BCUT2D eigenvalue weighted by Gasteiger charge is 2.25. The van der Waals surface area contributed by atoms with Gasteiger partial charge in [0.15, 0.2) is 0 Å². The van der Waals surface area contributed by atoms with Crippen molar-refractivity contribution in [3.05, 3.63) is 37.4 Å². The van der Waals surface area contributed by atoms with Crippen molar-refractivity contribution in [2.24, 2.45) is 5.73 Å². The van der Waals surface area contributed by atoms with E-state index in [1.54, 1.807) is 26.0 Å². The Hall–Kier alpha value is -1.90. The highest BCUT2D eigenvalue weighted by molar-refractivity contribution is 7.19. The fourth-order valence-electron chi connectivity index (χ4n) is 1.89. The van der Waals surface area contributed by atoms with E-state index in [1.807, 2.05) is 0 Å². The van der Waals surface area contributed by atoms with E-state index in [0.717, 1.165) is 22.7 Å². The smallest absolute Gasteiger partial charge is 0.348 e. The van der Waals surface area contributed by atoms with Gasteiger partial charge in [0.25, 0.3) is 11.8 Å². The van der Waals surface area contributed by atoms with Crippen LogP contribution in [0.2, 0.25) is 4.34 Å². The molecule has 23 heavy (non-hydrogen) atoms. The maximum absolute atomic E-state index is 12.2. The van der Waals surface area contributed by atoms with Crippen molar-refractivity contribution in [1.29, 1.82) is 0 Å². The minimum absolute atomic E-state index is 0.106. The summed E-state index contributed by atoms with van der Waals surface area (Å²) in [6, 6.07) is 3.17. The molecule has 9 heteroatoms. The van der Waals surface area contributed by atoms with Crippen LogP contribution in [0.1, 0.15) is 42.2 Å². The average Bonchev–Trinajstić information content (AvgIpc) is 3.03. The van der Waals surface area contributed by atoms with Crippen molar-refractivity contribution in [2.45, 2.75) is 13.8 Å². The molecule has 2 heterocycles. The number of hydrogen-bond donors (Lipinski definition) is 2. The number of primary amides is 1. The topological polar surface area (TPSA) is 98.5 Å². The van der Waals surface area contributed by atoms with Crippen molar-refractivity contribution in [2.75, 3.05) is 11.9 Å². The molecular weight excluding hydrogens is 360 g/mol. The molecule has 0 saturated carbocycles. The van der Waals surface area contributed by atoms with Crippen LogP contribution in [0.4, 0.5) is 5.00 Å². The van der Waals surface area contributed by atoms with Gasteiger partial charge in [-0.05, 0) is 31.5 Å². The van der Waals surface area contributed by atoms with Gasteiger partial charge in [0, 0.05) is 0 Å². The van der Waals surface area contributed by atoms with Gasteiger partial charge in [-0.15, -0.1) is 22.7 Å². The number of thiophene rings is 2. The molecule has 0 aliphatic heterocycles. The van der Waals surface area contributed by atoms with Crippen molar-refractivity contribution >= 4 is 57.1 Å². The molecule has 0 fully saturated rings. The molecule has 0 aliphatic rings. The van der Waals surface area contributed by atoms with Gasteiger partial charge in [0.05, 0.1) is 21.4 Å². The number of carbonyl (C=O) groups is 3. The highest BCUT2D eigenvalue weighted by atomic mass is 35.5. The van der Waals surface area contributed by atoms with Crippen LogP contribution < -0.4 is 11.1 Å². The normalized spacial score (nSPS) is 10.4. The number of anilines is 1. The van der Waals surface area contributed by atoms with Crippen molar-refractivity contribution in [3.8, 4) is 0 Å². The van der Waals surface area contributed by atoms with Gasteiger partial charge in [-0.25, -0.2) is 4.79 Å². The molecule has 3 N–H and O–H groups in total. The van der Waals surface area contributed by atoms with Gasteiger partial charge in [0.2, 0.25) is 0 Å². The molecule has 0 aliphatic carbocycles. The number of halogens is 1. The lowest BCUT2D eigenvalue weighted by atomic mass is 10.1. The van der Waals surface area contributed by atoms with Gasteiger partial charge in [-0.2, -0.15) is 0 Å². The summed E-state index contributed by atoms with van der Waals surface area (Å²) in [6.45, 7) is 3.47. The Morgan fingerprint density at radius 1 is 1.30 bits per heavy atom. The monoisotopic (exact) mass is 372 g/mol. The maximum Gasteiger partial charge on any atom is 0.348 e. The van der Waals surface area contributed by atoms with Crippen LogP contribution in [0.15, 0.2) is 12.1 Å². The summed E-state index contributed by atoms with van der Waals surface area (Å²) < 4.78 is 5.41. The number of rotatable bonds is 5. The second-order valence-corrected chi connectivity index (χ2v) is 7.14. The Bertz CT molecular complexity index is 782. The summed E-state index contributed by atoms with van der Waals surface area (Å²) in [7, 11) is 0. The zero-order valence-electron chi connectivity index (χ0n) is 12.3. The lowest BCUT2D eigenvalue weighted by Crippen LogP contribution is -2.17. The first-order valence-electron chi connectivity index (χ1n) is 6.52. The van der Waals surface area contributed by atoms with Crippen LogP contribution in [0.25, 0.3) is 0 Å². The van der Waals surface area contributed by atoms with Gasteiger partial charge in [-0.1, -0.05) is 11.6 Å². The SMILES string of the molecule is CCOC(=O)c1sc(NC(=O)c2ccc(Cl)s2)c(C(N)=O)c1C. The van der Waals surface area contributed by atoms with Crippen molar-refractivity contribution < 1.29 is 19.1 Å². The Kier molecular flexibility index (Phi) is 5.40. The molecule has 122 valence electrons. The van der Waals surface area contributed by atoms with E-state index in [1.165, 1.54) is 0 Å². The molecule has 0 saturated heterocycles. The average molecular weight is 373 g/mol. The summed E-state index contributed by atoms with van der Waals surface area (Å²) in [6.07, 6.45) is 0. The van der Waals surface area contributed by atoms with Crippen LogP contribution in [0.3, 0.4) is 0 Å². The van der Waals surface area contributed by atoms with Crippen LogP contribution in [-0.4, -0.2) is 24.4 Å². The first kappa shape index (κ1) is 17.5. The largest absolute Gasteiger partial charge is 0.462 e. The maximum atomic E-state index is 12.2. The molecule has 0 bridgehead atoms. The van der Waals surface area contributed by atoms with E-state index >= 15 is 0 Å². The third kappa shape index (κ3) is 3.72. The van der Waals surface area contributed by atoms with E-state index in [2.05, 4.69) is 5.32 Å². The fourth-order valence-corrected chi connectivity index (χ4v) is 3.93. The minimum Gasteiger partial charge on any atom is -0.462 e. The summed E-state index contributed by atoms with van der Waals surface area (Å²) in [5.41, 5.74) is 5.86. The third-order valence-electron chi connectivity index (χ3n) is 2.88. The molecule has 6 nitrogen and oxygen atoms in total. The Balaban J connectivity index is 2.37. The fraction of sp³-hybridized carbons (Fsp3) is 0.214. The van der Waals surface area contributed by atoms with Crippen LogP contribution in [0.5, 0.6) is 0 Å². The molecule has 0 spiro atoms. The standard InChI is InChI=1S/C14H13ClN2O4S2/c1-3-21-14(20)10-6(2)9(11(16)18)13(23-10)17-12(19)7-4-5-8(15)22-7/h4-5H,3H2,1-2H3,(H2,16,18)(H,17,19). The molecule has 0 radical (unpaired) electrons. The number of nitrogens with one attached hydrogen (secondary N) is 1. The lowest BCUT2D eigenvalue weighted by Gasteiger charge is -2.03. The number of ether oxygens (including phenoxy) is 1. The molecule has 2 aromatic heterocycles. The molecule has 0 aromatic carbocycles. The van der Waals surface area contributed by atoms with E-state index in [0.29, 0.717) is 14.8 Å². The highest BCUT2D eigenvalue weighted by Crippen LogP contribution is 2.34. The first-order valence-corrected chi connectivity index (χ1v) is 8.53. The molecule has 2 aromatic rings. The third-order valence-corrected chi connectivity index (χ3v) is 5.30. The Morgan fingerprint density at radius 3 is 2.52 bits per heavy atom. The molecule has 0 unspecified atom stereocenters. The zero-order chi connectivity index (χ0) is 17.1. The van der Waals surface area contributed by atoms with E-state index in [-0.39, 0.29) is 22.0 Å². The summed E-state index contributed by atoms with van der Waals surface area (Å²) in [5.74, 6) is -1.72. The van der Waals surface area contributed by atoms with Crippen molar-refractivity contribution in [3.63, 3.8) is 0 Å². The van der Waals surface area contributed by atoms with Gasteiger partial charge in [0.1, 0.15) is 9.88 Å². The minimum atomic E-state index is -0.728. The predicted molar refractivity (Wildman–Crippen MR) is 90.8 cm³/mol. The van der Waals surface area contributed by atoms with E-state index in [4.69, 9.17) is 22.1 Å². The second-order valence-electron chi connectivity index (χ2n) is 4.40. The van der Waals surface area contributed by atoms with Gasteiger partial charge >= 0.3 is 5.97 Å². The zero-order valence-corrected chi connectivity index (χ0v) is 14.7. The molecular formula is C14H13ClN2O4S2. The first-order chi connectivity index (χ1) is 10.8. The van der Waals surface area contributed by atoms with Gasteiger partial charge < -0.3 is 15.8 Å². The van der Waals surface area contributed by atoms with E-state index < -0.39 is 17.8 Å². The molecule has 2 amide bonds. The summed E-state index contributed by atoms with van der Waals surface area (Å²) in [5, 5.41) is 2.82. The molecule has 0 atom stereocenters. The number of carbonyl (C=O) groups excluding carboxylic acids is 3. The number of nitrogens with two attached hydrogens (primary N) is 1. The van der Waals surface area contributed by atoms with E-state index in [9.17, 15) is 14.4 Å². The van der Waals surface area contributed by atoms with Gasteiger partial charge in [-0.3, -0.25) is 9.59 Å². The Labute approximate surface area is 145 Å². The van der Waals surface area contributed by atoms with Crippen LogP contribution in [0, 0.1) is 6.92 Å². The summed E-state index contributed by atoms with van der Waals surface area (Å²) >= 11 is 7.86. The second kappa shape index (κ2) is 7.12. The number of amides is 2. The summed E-state index contributed by atoms with van der Waals surface area (Å²) in [4.78, 5) is 36.4. The number of esters is 1. The lowest BCUT2D eigenvalue weighted by molar-refractivity contribution is 0.0531.